The van der Waals surface area contributed by atoms with E-state index in [-0.39, 0.29) is 6.04 Å². The molecule has 0 saturated carbocycles. The number of hydrogen-bond acceptors (Lipinski definition) is 3. The molecule has 6 heteroatoms. The predicted molar refractivity (Wildman–Crippen MR) is 72.8 cm³/mol. The van der Waals surface area contributed by atoms with Crippen LogP contribution in [0.5, 0.6) is 0 Å². The van der Waals surface area contributed by atoms with Crippen molar-refractivity contribution >= 4 is 21.9 Å². The summed E-state index contributed by atoms with van der Waals surface area (Å²) in [5, 5.41) is 12.4. The number of H-pyrrole nitrogens is 1. The summed E-state index contributed by atoms with van der Waals surface area (Å²) < 4.78 is 0.937. The third kappa shape index (κ3) is 2.17. The van der Waals surface area contributed by atoms with Crippen LogP contribution in [0, 0.1) is 0 Å². The normalized spacial score (nSPS) is 21.9. The van der Waals surface area contributed by atoms with Crippen LogP contribution in [0.3, 0.4) is 0 Å². The van der Waals surface area contributed by atoms with Crippen LogP contribution in [-0.4, -0.2) is 27.1 Å². The molecule has 0 aliphatic carbocycles. The van der Waals surface area contributed by atoms with Gasteiger partial charge in [-0.05, 0) is 11.6 Å². The number of carboxylic acid groups (broad SMARTS) is 1. The number of fused-ring (bicyclic) bond motifs is 1. The van der Waals surface area contributed by atoms with Crippen molar-refractivity contribution in [3.8, 4) is 0 Å². The summed E-state index contributed by atoms with van der Waals surface area (Å²) in [4.78, 5) is 18.6. The first-order valence-corrected chi connectivity index (χ1v) is 6.71. The number of carbonyl (C=O) groups is 1. The van der Waals surface area contributed by atoms with Crippen molar-refractivity contribution in [1.82, 2.24) is 15.3 Å². The molecule has 2 atom stereocenters. The Morgan fingerprint density at radius 1 is 1.42 bits per heavy atom. The van der Waals surface area contributed by atoms with Crippen LogP contribution in [0.15, 0.2) is 35.1 Å². The quantitative estimate of drug-likeness (QED) is 0.789. The van der Waals surface area contributed by atoms with E-state index in [1.54, 1.807) is 6.33 Å². The highest BCUT2D eigenvalue weighted by Gasteiger charge is 2.33. The van der Waals surface area contributed by atoms with E-state index < -0.39 is 12.0 Å². The van der Waals surface area contributed by atoms with Crippen molar-refractivity contribution in [2.24, 2.45) is 0 Å². The molecule has 0 bridgehead atoms. The van der Waals surface area contributed by atoms with E-state index >= 15 is 0 Å². The van der Waals surface area contributed by atoms with Gasteiger partial charge >= 0.3 is 5.97 Å². The Morgan fingerprint density at radius 3 is 2.95 bits per heavy atom. The highest BCUT2D eigenvalue weighted by molar-refractivity contribution is 9.10. The van der Waals surface area contributed by atoms with Crippen LogP contribution in [0.4, 0.5) is 0 Å². The summed E-state index contributed by atoms with van der Waals surface area (Å²) in [5.74, 6) is -0.850. The van der Waals surface area contributed by atoms with Gasteiger partial charge in [-0.2, -0.15) is 0 Å². The van der Waals surface area contributed by atoms with Crippen LogP contribution in [0.2, 0.25) is 0 Å². The third-order valence-electron chi connectivity index (χ3n) is 3.32. The molecule has 0 saturated heterocycles. The first kappa shape index (κ1) is 12.4. The van der Waals surface area contributed by atoms with Gasteiger partial charge in [0.05, 0.1) is 18.1 Å². The molecule has 1 aromatic carbocycles. The Balaban J connectivity index is 2.06. The van der Waals surface area contributed by atoms with E-state index in [0.717, 1.165) is 21.4 Å². The molecule has 0 radical (unpaired) electrons. The molecule has 0 spiro atoms. The van der Waals surface area contributed by atoms with Crippen LogP contribution in [-0.2, 0) is 11.2 Å². The lowest BCUT2D eigenvalue weighted by atomic mass is 9.94. The summed E-state index contributed by atoms with van der Waals surface area (Å²) in [6.07, 6.45) is 2.03. The van der Waals surface area contributed by atoms with Crippen molar-refractivity contribution in [1.29, 1.82) is 0 Å². The van der Waals surface area contributed by atoms with Gasteiger partial charge in [0.25, 0.3) is 0 Å². The van der Waals surface area contributed by atoms with Gasteiger partial charge < -0.3 is 10.1 Å². The molecule has 0 fully saturated rings. The van der Waals surface area contributed by atoms with E-state index in [1.807, 2.05) is 24.3 Å². The first-order chi connectivity index (χ1) is 9.16. The van der Waals surface area contributed by atoms with Gasteiger partial charge in [0, 0.05) is 16.6 Å². The number of aromatic nitrogens is 2. The van der Waals surface area contributed by atoms with Gasteiger partial charge in [0.2, 0.25) is 0 Å². The van der Waals surface area contributed by atoms with Gasteiger partial charge in [-0.3, -0.25) is 10.1 Å². The number of rotatable bonds is 2. The molecule has 3 rings (SSSR count). The van der Waals surface area contributed by atoms with E-state index in [4.69, 9.17) is 0 Å². The highest BCUT2D eigenvalue weighted by Crippen LogP contribution is 2.32. The minimum absolute atomic E-state index is 0.216. The number of imidazole rings is 1. The number of carboxylic acids is 1. The van der Waals surface area contributed by atoms with E-state index in [2.05, 4.69) is 31.2 Å². The maximum absolute atomic E-state index is 11.2. The Hall–Kier alpha value is -1.66. The molecule has 1 aliphatic heterocycles. The Kier molecular flexibility index (Phi) is 3.12. The summed E-state index contributed by atoms with van der Waals surface area (Å²) in [6, 6.07) is 6.93. The van der Waals surface area contributed by atoms with Crippen molar-refractivity contribution < 1.29 is 9.90 Å². The number of aliphatic carboxylic acids is 1. The van der Waals surface area contributed by atoms with Crippen LogP contribution in [0.1, 0.15) is 23.0 Å². The Morgan fingerprint density at radius 2 is 2.21 bits per heavy atom. The molecular formula is C13H12BrN3O2. The maximum atomic E-state index is 11.2. The zero-order valence-electron chi connectivity index (χ0n) is 9.93. The zero-order chi connectivity index (χ0) is 13.4. The number of hydrogen-bond donors (Lipinski definition) is 3. The number of nitrogens with one attached hydrogen (secondary N) is 2. The number of benzene rings is 1. The van der Waals surface area contributed by atoms with Crippen LogP contribution in [0.25, 0.3) is 0 Å². The minimum Gasteiger partial charge on any atom is -0.480 e. The molecule has 2 aromatic rings. The molecule has 3 N–H and O–H groups in total. The fraction of sp³-hybridized carbons (Fsp3) is 0.231. The molecule has 2 unspecified atom stereocenters. The second-order valence-corrected chi connectivity index (χ2v) is 5.34. The lowest BCUT2D eigenvalue weighted by Gasteiger charge is -2.28. The van der Waals surface area contributed by atoms with Gasteiger partial charge in [0.15, 0.2) is 0 Å². The molecule has 1 aromatic heterocycles. The summed E-state index contributed by atoms with van der Waals surface area (Å²) >= 11 is 3.50. The Bertz CT molecular complexity index is 626. The summed E-state index contributed by atoms with van der Waals surface area (Å²) in [6.45, 7) is 0. The van der Waals surface area contributed by atoms with Crippen molar-refractivity contribution in [3.63, 3.8) is 0 Å². The number of halogens is 1. The summed E-state index contributed by atoms with van der Waals surface area (Å²) in [5.41, 5.74) is 2.73. The van der Waals surface area contributed by atoms with Gasteiger partial charge in [0.1, 0.15) is 6.04 Å². The van der Waals surface area contributed by atoms with Gasteiger partial charge in [-0.1, -0.05) is 34.1 Å². The van der Waals surface area contributed by atoms with E-state index in [9.17, 15) is 9.90 Å². The monoisotopic (exact) mass is 321 g/mol. The smallest absolute Gasteiger partial charge is 0.321 e. The average molecular weight is 322 g/mol. The van der Waals surface area contributed by atoms with Crippen molar-refractivity contribution in [2.75, 3.05) is 0 Å². The molecule has 2 heterocycles. The number of aromatic amines is 1. The lowest BCUT2D eigenvalue weighted by molar-refractivity contribution is -0.139. The fourth-order valence-corrected chi connectivity index (χ4v) is 2.91. The second-order valence-electron chi connectivity index (χ2n) is 4.48. The van der Waals surface area contributed by atoms with Gasteiger partial charge in [-0.25, -0.2) is 4.98 Å². The molecular weight excluding hydrogens is 310 g/mol. The predicted octanol–water partition coefficient (Wildman–Crippen LogP) is 1.86. The fourth-order valence-electron chi connectivity index (χ4n) is 2.39. The molecule has 19 heavy (non-hydrogen) atoms. The molecule has 5 nitrogen and oxygen atoms in total. The first-order valence-electron chi connectivity index (χ1n) is 5.92. The molecule has 1 aliphatic rings. The largest absolute Gasteiger partial charge is 0.480 e. The van der Waals surface area contributed by atoms with Gasteiger partial charge in [-0.15, -0.1) is 0 Å². The van der Waals surface area contributed by atoms with Crippen LogP contribution >= 0.6 is 15.9 Å². The Labute approximate surface area is 118 Å². The molecule has 98 valence electrons. The maximum Gasteiger partial charge on any atom is 0.321 e. The zero-order valence-corrected chi connectivity index (χ0v) is 11.5. The highest BCUT2D eigenvalue weighted by atomic mass is 79.9. The molecule has 0 amide bonds. The number of nitrogens with zero attached hydrogens (tertiary/aromatic N) is 1. The van der Waals surface area contributed by atoms with E-state index in [0.29, 0.717) is 6.42 Å². The summed E-state index contributed by atoms with van der Waals surface area (Å²) in [7, 11) is 0. The van der Waals surface area contributed by atoms with E-state index in [1.165, 1.54) is 0 Å². The van der Waals surface area contributed by atoms with Crippen molar-refractivity contribution in [3.05, 3.63) is 52.0 Å². The lowest BCUT2D eigenvalue weighted by Crippen LogP contribution is -2.45. The average Bonchev–Trinajstić information content (AvgIpc) is 2.86. The standard InChI is InChI=1S/C13H12BrN3O2/c14-8-4-2-1-3-7(8)11-12-9(15-6-16-12)5-10(17-11)13(18)19/h1-4,6,10-11,17H,5H2,(H,15,16)(H,18,19). The second kappa shape index (κ2) is 4.79. The van der Waals surface area contributed by atoms with Crippen LogP contribution < -0.4 is 5.32 Å². The SMILES string of the molecule is O=C(O)C1Cc2[nH]cnc2C(c2ccccc2Br)N1. The minimum atomic E-state index is -0.850. The topological polar surface area (TPSA) is 78.0 Å². The third-order valence-corrected chi connectivity index (χ3v) is 4.04. The van der Waals surface area contributed by atoms with Crippen molar-refractivity contribution in [2.45, 2.75) is 18.5 Å².